The first kappa shape index (κ1) is 49.9. The zero-order valence-electron chi connectivity index (χ0n) is 41.4. The highest BCUT2D eigenvalue weighted by Crippen LogP contribution is 2.42. The molecule has 2 aromatic rings. The van der Waals surface area contributed by atoms with E-state index >= 15 is 0 Å². The molecule has 0 spiro atoms. The van der Waals surface area contributed by atoms with E-state index in [2.05, 4.69) is 36.6 Å². The Hall–Kier alpha value is -3.50. The molecule has 0 bridgehead atoms. The van der Waals surface area contributed by atoms with Gasteiger partial charge in [-0.25, -0.2) is 0 Å². The first-order chi connectivity index (χ1) is 29.2. The Kier molecular flexibility index (Phi) is 13.5. The molecule has 4 radical (unpaired) electrons. The van der Waals surface area contributed by atoms with Gasteiger partial charge in [-0.05, 0) is 162 Å². The van der Waals surface area contributed by atoms with Crippen LogP contribution in [0.4, 0.5) is 29.7 Å². The first-order valence-corrected chi connectivity index (χ1v) is 23.0. The van der Waals surface area contributed by atoms with Crippen molar-refractivity contribution in [3.05, 3.63) is 0 Å². The topological polar surface area (TPSA) is 239 Å². The Morgan fingerprint density at radius 2 is 0.609 bits per heavy atom. The summed E-state index contributed by atoms with van der Waals surface area (Å²) in [6.45, 7) is 31.7. The molecule has 358 valence electrons. The standard InChI is InChI=1S/C44H77N15O5/c1-37(2)19-27(20-38(3,4)56(37)60)46-32-50-31(51-33(52-32)47-28-21-39(5,6)57(61)40(7,8)22-28)45-17-18-64-36-54-34(48-29-23-41(9,10)58(62)42(11,12)24-29)53-35(55-36)49-30-25-43(13,14)59(63)44(15,16)26-30/h27-30H,17-26H2,1-16H3,(H2,48,49,53,54,55)(H3,45,46,47,50,51,52). The van der Waals surface area contributed by atoms with Crippen molar-refractivity contribution in [1.29, 1.82) is 0 Å². The summed E-state index contributed by atoms with van der Waals surface area (Å²) in [5.41, 5.74) is -4.82. The quantitative estimate of drug-likeness (QED) is 0.132. The Morgan fingerprint density at radius 1 is 0.391 bits per heavy atom. The molecule has 4 saturated heterocycles. The van der Waals surface area contributed by atoms with Gasteiger partial charge in [-0.15, -0.1) is 41.1 Å². The van der Waals surface area contributed by atoms with Gasteiger partial charge in [-0.3, -0.25) is 0 Å². The lowest BCUT2D eigenvalue weighted by Gasteiger charge is -2.50. The largest absolute Gasteiger partial charge is 0.461 e. The van der Waals surface area contributed by atoms with Crippen LogP contribution in [0.1, 0.15) is 162 Å². The third kappa shape index (κ3) is 11.2. The van der Waals surface area contributed by atoms with Crippen LogP contribution in [0.3, 0.4) is 0 Å². The third-order valence-corrected chi connectivity index (χ3v) is 13.6. The van der Waals surface area contributed by atoms with Gasteiger partial charge >= 0.3 is 6.01 Å². The molecule has 0 aliphatic carbocycles. The predicted molar refractivity (Wildman–Crippen MR) is 243 cm³/mol. The van der Waals surface area contributed by atoms with Crippen molar-refractivity contribution in [2.75, 3.05) is 39.7 Å². The summed E-state index contributed by atoms with van der Waals surface area (Å²) >= 11 is 0. The van der Waals surface area contributed by atoms with Crippen LogP contribution in [-0.4, -0.2) is 132 Å². The molecule has 6 heterocycles. The molecular formula is C44H77N15O5. The van der Waals surface area contributed by atoms with Crippen LogP contribution >= 0.6 is 0 Å². The zero-order valence-corrected chi connectivity index (χ0v) is 41.4. The maximum atomic E-state index is 13.2. The molecular weight excluding hydrogens is 819 g/mol. The number of nitrogens with one attached hydrogen (secondary N) is 5. The summed E-state index contributed by atoms with van der Waals surface area (Å²) in [5, 5.41) is 74.7. The molecule has 0 atom stereocenters. The second-order valence-electron chi connectivity index (χ2n) is 24.0. The van der Waals surface area contributed by atoms with Gasteiger partial charge in [0.2, 0.25) is 29.7 Å². The molecule has 4 aliphatic rings. The summed E-state index contributed by atoms with van der Waals surface area (Å²) in [7, 11) is 0. The average molecular weight is 896 g/mol. The highest BCUT2D eigenvalue weighted by molar-refractivity contribution is 5.44. The SMILES string of the molecule is CC1(C)CC(Nc2nc(NCCOc3nc(NC4CC(C)(C)N([O])C(C)(C)C4)nc(NC4CC(C)(C)N([O])C(C)(C)C4)n3)nc(NC3CC(C)(C)N([O])C(C)(C)C3)n2)CC(C)(C)N1[O]. The Labute approximate surface area is 381 Å². The molecule has 0 unspecified atom stereocenters. The lowest BCUT2D eigenvalue weighted by Crippen LogP contribution is -2.61. The fourth-order valence-corrected chi connectivity index (χ4v) is 11.6. The van der Waals surface area contributed by atoms with Gasteiger partial charge in [-0.1, -0.05) is 0 Å². The summed E-state index contributed by atoms with van der Waals surface area (Å²) in [6, 6.07) is -0.233. The molecule has 20 heteroatoms. The van der Waals surface area contributed by atoms with Crippen molar-refractivity contribution in [3.8, 4) is 6.01 Å². The molecule has 6 rings (SSSR count). The molecule has 20 nitrogen and oxygen atoms in total. The lowest BCUT2D eigenvalue weighted by molar-refractivity contribution is -0.288. The van der Waals surface area contributed by atoms with E-state index in [4.69, 9.17) is 24.7 Å². The van der Waals surface area contributed by atoms with E-state index in [9.17, 15) is 20.8 Å². The summed E-state index contributed by atoms with van der Waals surface area (Å²) in [4.78, 5) is 28.5. The number of aromatic nitrogens is 6. The molecule has 0 aromatic carbocycles. The fourth-order valence-electron chi connectivity index (χ4n) is 11.6. The maximum Gasteiger partial charge on any atom is 0.323 e. The summed E-state index contributed by atoms with van der Waals surface area (Å²) in [6.07, 6.45) is 4.70. The van der Waals surface area contributed by atoms with Gasteiger partial charge in [0.25, 0.3) is 0 Å². The highest BCUT2D eigenvalue weighted by Gasteiger charge is 2.50. The van der Waals surface area contributed by atoms with Crippen LogP contribution in [0.25, 0.3) is 0 Å². The molecule has 2 aromatic heterocycles. The first-order valence-electron chi connectivity index (χ1n) is 23.0. The molecule has 5 N–H and O–H groups in total. The number of piperidine rings is 4. The van der Waals surface area contributed by atoms with Crippen LogP contribution < -0.4 is 31.3 Å². The molecule has 4 fully saturated rings. The second-order valence-corrected chi connectivity index (χ2v) is 24.0. The number of ether oxygens (including phenoxy) is 1. The minimum absolute atomic E-state index is 0.0763. The monoisotopic (exact) mass is 896 g/mol. The summed E-state index contributed by atoms with van der Waals surface area (Å²) < 4.78 is 6.21. The zero-order chi connectivity index (χ0) is 47.6. The average Bonchev–Trinajstić information content (AvgIpc) is 3.11. The smallest absolute Gasteiger partial charge is 0.323 e. The van der Waals surface area contributed by atoms with E-state index in [1.807, 2.05) is 111 Å². The Bertz CT molecular complexity index is 1630. The minimum atomic E-state index is -0.606. The van der Waals surface area contributed by atoms with Crippen LogP contribution in [0.5, 0.6) is 6.01 Å². The van der Waals surface area contributed by atoms with E-state index in [1.165, 1.54) is 20.3 Å². The van der Waals surface area contributed by atoms with Crippen molar-refractivity contribution < 1.29 is 25.6 Å². The van der Waals surface area contributed by atoms with Gasteiger partial charge in [0, 0.05) is 68.5 Å². The number of nitrogens with zero attached hydrogens (tertiary/aromatic N) is 10. The number of hydrogen-bond acceptors (Lipinski definition) is 16. The lowest BCUT2D eigenvalue weighted by atomic mass is 9.79. The number of hydrogen-bond donors (Lipinski definition) is 5. The van der Waals surface area contributed by atoms with Crippen molar-refractivity contribution in [2.45, 2.75) is 231 Å². The Balaban J connectivity index is 1.21. The molecule has 0 saturated carbocycles. The van der Waals surface area contributed by atoms with Crippen molar-refractivity contribution in [3.63, 3.8) is 0 Å². The highest BCUT2D eigenvalue weighted by atomic mass is 16.5. The number of hydroxylamine groups is 8. The summed E-state index contributed by atoms with van der Waals surface area (Å²) in [5.74, 6) is 1.69. The third-order valence-electron chi connectivity index (χ3n) is 13.6. The van der Waals surface area contributed by atoms with Gasteiger partial charge in [0.15, 0.2) is 0 Å². The van der Waals surface area contributed by atoms with E-state index in [0.29, 0.717) is 81.1 Å². The molecule has 64 heavy (non-hydrogen) atoms. The van der Waals surface area contributed by atoms with Gasteiger partial charge in [0.05, 0.1) is 6.54 Å². The Morgan fingerprint density at radius 3 is 0.859 bits per heavy atom. The van der Waals surface area contributed by atoms with Crippen molar-refractivity contribution in [1.82, 2.24) is 50.2 Å². The second kappa shape index (κ2) is 17.3. The van der Waals surface area contributed by atoms with E-state index in [1.54, 1.807) is 0 Å². The van der Waals surface area contributed by atoms with Crippen LogP contribution in [0.2, 0.25) is 0 Å². The van der Waals surface area contributed by atoms with Crippen LogP contribution in [0, 0.1) is 0 Å². The van der Waals surface area contributed by atoms with Gasteiger partial charge < -0.3 is 31.3 Å². The number of anilines is 5. The maximum absolute atomic E-state index is 13.2. The van der Waals surface area contributed by atoms with E-state index in [0.717, 1.165) is 0 Å². The molecule has 0 amide bonds. The fraction of sp³-hybridized carbons (Fsp3) is 0.864. The molecule has 4 aliphatic heterocycles. The number of rotatable bonds is 13. The van der Waals surface area contributed by atoms with E-state index in [-0.39, 0.29) is 43.3 Å². The predicted octanol–water partition coefficient (Wildman–Crippen LogP) is 6.66. The van der Waals surface area contributed by atoms with E-state index < -0.39 is 44.3 Å². The van der Waals surface area contributed by atoms with Gasteiger partial charge in [0.1, 0.15) is 6.61 Å². The van der Waals surface area contributed by atoms with Crippen molar-refractivity contribution >= 4 is 29.7 Å². The van der Waals surface area contributed by atoms with Gasteiger partial charge in [-0.2, -0.15) is 29.9 Å². The normalized spacial score (nSPS) is 26.2. The van der Waals surface area contributed by atoms with Crippen LogP contribution in [0.15, 0.2) is 0 Å². The van der Waals surface area contributed by atoms with Crippen LogP contribution in [-0.2, 0) is 20.8 Å². The van der Waals surface area contributed by atoms with Crippen molar-refractivity contribution in [2.24, 2.45) is 0 Å². The minimum Gasteiger partial charge on any atom is -0.461 e.